The summed E-state index contributed by atoms with van der Waals surface area (Å²) >= 11 is 0. The van der Waals surface area contributed by atoms with Gasteiger partial charge in [0, 0.05) is 25.5 Å². The summed E-state index contributed by atoms with van der Waals surface area (Å²) in [6.45, 7) is 0.898. The van der Waals surface area contributed by atoms with E-state index in [-0.39, 0.29) is 5.57 Å². The Morgan fingerprint density at radius 3 is 1.73 bits per heavy atom. The molecule has 0 saturated carbocycles. The zero-order valence-corrected chi connectivity index (χ0v) is 16.8. The molecule has 0 unspecified atom stereocenters. The maximum atomic E-state index is 12.8. The van der Waals surface area contributed by atoms with Crippen molar-refractivity contribution in [3.05, 3.63) is 107 Å². The van der Waals surface area contributed by atoms with Gasteiger partial charge in [-0.05, 0) is 41.7 Å². The molecule has 0 aliphatic heterocycles. The molecule has 3 rings (SSSR count). The Labute approximate surface area is 176 Å². The quantitative estimate of drug-likeness (QED) is 0.330. The van der Waals surface area contributed by atoms with E-state index in [0.29, 0.717) is 31.5 Å². The monoisotopic (exact) mass is 399 g/mol. The van der Waals surface area contributed by atoms with Crippen LogP contribution in [0.1, 0.15) is 16.7 Å². The van der Waals surface area contributed by atoms with E-state index in [9.17, 15) is 9.59 Å². The van der Waals surface area contributed by atoms with Gasteiger partial charge in [-0.1, -0.05) is 66.7 Å². The molecule has 5 heteroatoms. The van der Waals surface area contributed by atoms with E-state index in [2.05, 4.69) is 15.6 Å². The molecule has 0 aliphatic rings. The van der Waals surface area contributed by atoms with Crippen LogP contribution in [0.25, 0.3) is 6.08 Å². The van der Waals surface area contributed by atoms with Gasteiger partial charge in [0.05, 0.1) is 0 Å². The Bertz CT molecular complexity index is 912. The van der Waals surface area contributed by atoms with Crippen molar-refractivity contribution in [1.82, 2.24) is 15.6 Å². The fraction of sp³-hybridized carbons (Fsp3) is 0.160. The smallest absolute Gasteiger partial charge is 0.256 e. The summed E-state index contributed by atoms with van der Waals surface area (Å²) in [5.41, 5.74) is 3.03. The summed E-state index contributed by atoms with van der Waals surface area (Å²) in [6, 6.07) is 23.4. The van der Waals surface area contributed by atoms with Crippen LogP contribution in [0.2, 0.25) is 0 Å². The largest absolute Gasteiger partial charge is 0.352 e. The van der Waals surface area contributed by atoms with Crippen molar-refractivity contribution in [2.75, 3.05) is 13.1 Å². The Balaban J connectivity index is 1.62. The third-order valence-electron chi connectivity index (χ3n) is 4.57. The van der Waals surface area contributed by atoms with Gasteiger partial charge in [0.25, 0.3) is 11.8 Å². The fourth-order valence-electron chi connectivity index (χ4n) is 2.98. The van der Waals surface area contributed by atoms with Gasteiger partial charge in [-0.25, -0.2) is 0 Å². The maximum Gasteiger partial charge on any atom is 0.256 e. The van der Waals surface area contributed by atoms with E-state index in [1.54, 1.807) is 24.5 Å². The Hall–Kier alpha value is -3.73. The molecule has 0 atom stereocenters. The van der Waals surface area contributed by atoms with Crippen LogP contribution < -0.4 is 10.6 Å². The van der Waals surface area contributed by atoms with Crippen LogP contribution in [-0.2, 0) is 22.4 Å². The number of benzene rings is 2. The topological polar surface area (TPSA) is 71.1 Å². The van der Waals surface area contributed by atoms with Gasteiger partial charge >= 0.3 is 0 Å². The summed E-state index contributed by atoms with van der Waals surface area (Å²) < 4.78 is 0. The Morgan fingerprint density at radius 1 is 0.733 bits per heavy atom. The van der Waals surface area contributed by atoms with Crippen molar-refractivity contribution in [2.24, 2.45) is 0 Å². The zero-order chi connectivity index (χ0) is 21.0. The van der Waals surface area contributed by atoms with Gasteiger partial charge in [-0.3, -0.25) is 14.6 Å². The number of amides is 2. The average Bonchev–Trinajstić information content (AvgIpc) is 2.79. The van der Waals surface area contributed by atoms with Gasteiger partial charge in [0.1, 0.15) is 5.57 Å². The van der Waals surface area contributed by atoms with Gasteiger partial charge in [-0.2, -0.15) is 0 Å². The lowest BCUT2D eigenvalue weighted by atomic mass is 10.1. The number of hydrogen-bond acceptors (Lipinski definition) is 3. The molecule has 0 fully saturated rings. The van der Waals surface area contributed by atoms with Crippen molar-refractivity contribution in [1.29, 1.82) is 0 Å². The normalized spacial score (nSPS) is 10.1. The minimum absolute atomic E-state index is 0.0733. The number of nitrogens with zero attached hydrogens (tertiary/aromatic N) is 1. The fourth-order valence-corrected chi connectivity index (χ4v) is 2.98. The predicted molar refractivity (Wildman–Crippen MR) is 119 cm³/mol. The third-order valence-corrected chi connectivity index (χ3v) is 4.57. The molecule has 0 aliphatic carbocycles. The van der Waals surface area contributed by atoms with Gasteiger partial charge < -0.3 is 10.6 Å². The lowest BCUT2D eigenvalue weighted by molar-refractivity contribution is -0.123. The molecule has 0 bridgehead atoms. The van der Waals surface area contributed by atoms with E-state index in [1.807, 2.05) is 66.7 Å². The SMILES string of the molecule is O=C(NCCc1ccccc1)C(=Cc1cccnc1)C(=O)NCCc1ccccc1. The molecule has 2 N–H and O–H groups in total. The molecule has 0 radical (unpaired) electrons. The molecule has 2 aromatic carbocycles. The van der Waals surface area contributed by atoms with Crippen LogP contribution in [0.4, 0.5) is 0 Å². The first-order valence-electron chi connectivity index (χ1n) is 9.98. The van der Waals surface area contributed by atoms with Gasteiger partial charge in [0.15, 0.2) is 0 Å². The van der Waals surface area contributed by atoms with Crippen molar-refractivity contribution < 1.29 is 9.59 Å². The van der Waals surface area contributed by atoms with Crippen molar-refractivity contribution in [3.63, 3.8) is 0 Å². The second-order valence-corrected chi connectivity index (χ2v) is 6.83. The predicted octanol–water partition coefficient (Wildman–Crippen LogP) is 3.18. The maximum absolute atomic E-state index is 12.8. The van der Waals surface area contributed by atoms with Crippen LogP contribution in [0.3, 0.4) is 0 Å². The number of nitrogens with one attached hydrogen (secondary N) is 2. The van der Waals surface area contributed by atoms with E-state index in [0.717, 1.165) is 11.1 Å². The van der Waals surface area contributed by atoms with E-state index in [4.69, 9.17) is 0 Å². The number of carbonyl (C=O) groups is 2. The number of carbonyl (C=O) groups excluding carboxylic acids is 2. The average molecular weight is 399 g/mol. The molecule has 1 heterocycles. The van der Waals surface area contributed by atoms with Gasteiger partial charge in [-0.15, -0.1) is 0 Å². The van der Waals surface area contributed by atoms with Crippen molar-refractivity contribution in [3.8, 4) is 0 Å². The number of rotatable bonds is 9. The Morgan fingerprint density at radius 2 is 1.27 bits per heavy atom. The number of pyridine rings is 1. The second kappa shape index (κ2) is 11.3. The molecule has 152 valence electrons. The molecule has 0 spiro atoms. The molecule has 3 aromatic rings. The third kappa shape index (κ3) is 6.71. The first kappa shape index (κ1) is 21.0. The second-order valence-electron chi connectivity index (χ2n) is 6.83. The van der Waals surface area contributed by atoms with Gasteiger partial charge in [0.2, 0.25) is 0 Å². The van der Waals surface area contributed by atoms with Crippen LogP contribution >= 0.6 is 0 Å². The minimum atomic E-state index is -0.396. The number of hydrogen-bond donors (Lipinski definition) is 2. The van der Waals surface area contributed by atoms with Crippen LogP contribution in [0.5, 0.6) is 0 Å². The summed E-state index contributed by atoms with van der Waals surface area (Å²) in [4.78, 5) is 29.6. The van der Waals surface area contributed by atoms with Crippen molar-refractivity contribution in [2.45, 2.75) is 12.8 Å². The highest BCUT2D eigenvalue weighted by Gasteiger charge is 2.18. The molecule has 1 aromatic heterocycles. The molecule has 5 nitrogen and oxygen atoms in total. The minimum Gasteiger partial charge on any atom is -0.352 e. The van der Waals surface area contributed by atoms with Crippen molar-refractivity contribution >= 4 is 17.9 Å². The molecular weight excluding hydrogens is 374 g/mol. The van der Waals surface area contributed by atoms with Crippen LogP contribution in [0, 0.1) is 0 Å². The summed E-state index contributed by atoms with van der Waals surface area (Å²) in [7, 11) is 0. The number of aromatic nitrogens is 1. The highest BCUT2D eigenvalue weighted by Crippen LogP contribution is 2.07. The first-order valence-corrected chi connectivity index (χ1v) is 9.98. The van der Waals surface area contributed by atoms with E-state index < -0.39 is 11.8 Å². The molecule has 2 amide bonds. The van der Waals surface area contributed by atoms with E-state index in [1.165, 1.54) is 0 Å². The standard InChI is InChI=1S/C25H25N3O2/c29-24(27-16-13-20-8-3-1-4-9-20)23(18-22-12-7-15-26-19-22)25(30)28-17-14-21-10-5-2-6-11-21/h1-12,15,18-19H,13-14,16-17H2,(H,27,29)(H,28,30). The van der Waals surface area contributed by atoms with Crippen LogP contribution in [0.15, 0.2) is 90.8 Å². The van der Waals surface area contributed by atoms with E-state index >= 15 is 0 Å². The summed E-state index contributed by atoms with van der Waals surface area (Å²) in [5.74, 6) is -0.793. The lowest BCUT2D eigenvalue weighted by Crippen LogP contribution is -2.36. The summed E-state index contributed by atoms with van der Waals surface area (Å²) in [6.07, 6.45) is 6.23. The molecule has 30 heavy (non-hydrogen) atoms. The first-order chi connectivity index (χ1) is 14.7. The molecular formula is C25H25N3O2. The summed E-state index contributed by atoms with van der Waals surface area (Å²) in [5, 5.41) is 5.70. The van der Waals surface area contributed by atoms with Crippen LogP contribution in [-0.4, -0.2) is 29.9 Å². The lowest BCUT2D eigenvalue weighted by Gasteiger charge is -2.10. The Kier molecular flexibility index (Phi) is 7.92. The highest BCUT2D eigenvalue weighted by molar-refractivity contribution is 6.21. The highest BCUT2D eigenvalue weighted by atomic mass is 16.2. The molecule has 0 saturated heterocycles. The zero-order valence-electron chi connectivity index (χ0n) is 16.8.